The van der Waals surface area contributed by atoms with E-state index in [1.807, 2.05) is 49.4 Å². The van der Waals surface area contributed by atoms with Gasteiger partial charge >= 0.3 is 0 Å². The van der Waals surface area contributed by atoms with Crippen molar-refractivity contribution >= 4 is 41.5 Å². The molecule has 1 unspecified atom stereocenters. The molecule has 0 saturated heterocycles. The number of carbonyl (C=O) groups excluding carboxylic acids is 1. The standard InChI is InChI=1S/C22H30N4O.HI/c1-4-9-21(27)26-20-14-12-18(13-15-20)16-24-22(23-5-2)25-17(3)19-10-7-6-8-11-19;/h6-8,10-15,17H,4-5,9,16H2,1-3H3,(H,26,27)(H2,23,24,25);1H. The number of amides is 1. The molecule has 6 heteroatoms. The predicted octanol–water partition coefficient (Wildman–Crippen LogP) is 4.86. The van der Waals surface area contributed by atoms with E-state index in [2.05, 4.69) is 46.9 Å². The topological polar surface area (TPSA) is 65.5 Å². The Morgan fingerprint density at radius 3 is 2.32 bits per heavy atom. The Labute approximate surface area is 185 Å². The molecular weight excluding hydrogens is 463 g/mol. The van der Waals surface area contributed by atoms with Crippen molar-refractivity contribution in [2.24, 2.45) is 4.99 Å². The van der Waals surface area contributed by atoms with Crippen LogP contribution in [0.25, 0.3) is 0 Å². The first kappa shape index (κ1) is 23.9. The zero-order valence-electron chi connectivity index (χ0n) is 16.9. The minimum absolute atomic E-state index is 0. The van der Waals surface area contributed by atoms with Gasteiger partial charge in [-0.25, -0.2) is 4.99 Å². The summed E-state index contributed by atoms with van der Waals surface area (Å²) < 4.78 is 0. The van der Waals surface area contributed by atoms with E-state index in [0.717, 1.165) is 30.2 Å². The van der Waals surface area contributed by atoms with Crippen LogP contribution in [0.1, 0.15) is 50.8 Å². The van der Waals surface area contributed by atoms with Crippen LogP contribution in [0.5, 0.6) is 0 Å². The number of nitrogens with zero attached hydrogens (tertiary/aromatic N) is 1. The molecule has 28 heavy (non-hydrogen) atoms. The summed E-state index contributed by atoms with van der Waals surface area (Å²) in [6, 6.07) is 18.3. The molecule has 0 heterocycles. The fourth-order valence-electron chi connectivity index (χ4n) is 2.66. The van der Waals surface area contributed by atoms with Crippen molar-refractivity contribution in [3.8, 4) is 0 Å². The Bertz CT molecular complexity index is 732. The molecule has 1 atom stereocenters. The molecule has 0 radical (unpaired) electrons. The maximum absolute atomic E-state index is 11.7. The summed E-state index contributed by atoms with van der Waals surface area (Å²) in [5.41, 5.74) is 3.13. The first-order valence-corrected chi connectivity index (χ1v) is 9.61. The van der Waals surface area contributed by atoms with E-state index in [4.69, 9.17) is 0 Å². The molecule has 1 amide bonds. The molecule has 5 nitrogen and oxygen atoms in total. The molecule has 0 bridgehead atoms. The lowest BCUT2D eigenvalue weighted by Crippen LogP contribution is -2.38. The summed E-state index contributed by atoms with van der Waals surface area (Å²) in [5.74, 6) is 0.839. The monoisotopic (exact) mass is 494 g/mol. The largest absolute Gasteiger partial charge is 0.357 e. The number of nitrogens with one attached hydrogen (secondary N) is 3. The Morgan fingerprint density at radius 2 is 1.71 bits per heavy atom. The van der Waals surface area contributed by atoms with Gasteiger partial charge in [-0.2, -0.15) is 0 Å². The number of guanidine groups is 1. The van der Waals surface area contributed by atoms with Crippen LogP contribution >= 0.6 is 24.0 Å². The van der Waals surface area contributed by atoms with Crippen LogP contribution in [0.15, 0.2) is 59.6 Å². The summed E-state index contributed by atoms with van der Waals surface area (Å²) in [6.07, 6.45) is 1.39. The fraction of sp³-hybridized carbons (Fsp3) is 0.364. The van der Waals surface area contributed by atoms with Gasteiger partial charge < -0.3 is 16.0 Å². The maximum atomic E-state index is 11.7. The zero-order valence-corrected chi connectivity index (χ0v) is 19.2. The highest BCUT2D eigenvalue weighted by molar-refractivity contribution is 14.0. The van der Waals surface area contributed by atoms with E-state index in [0.29, 0.717) is 13.0 Å². The molecule has 3 N–H and O–H groups in total. The molecular formula is C22H31IN4O. The maximum Gasteiger partial charge on any atom is 0.224 e. The van der Waals surface area contributed by atoms with E-state index in [-0.39, 0.29) is 35.9 Å². The van der Waals surface area contributed by atoms with Gasteiger partial charge in [-0.05, 0) is 43.5 Å². The molecule has 2 rings (SSSR count). The highest BCUT2D eigenvalue weighted by atomic mass is 127. The van der Waals surface area contributed by atoms with Crippen LogP contribution in [0.3, 0.4) is 0 Å². The third-order valence-corrected chi connectivity index (χ3v) is 4.13. The molecule has 0 saturated carbocycles. The molecule has 152 valence electrons. The van der Waals surface area contributed by atoms with Crippen molar-refractivity contribution in [1.29, 1.82) is 0 Å². The van der Waals surface area contributed by atoms with Crippen molar-refractivity contribution in [2.45, 2.75) is 46.2 Å². The highest BCUT2D eigenvalue weighted by Crippen LogP contribution is 2.12. The molecule has 0 aliphatic rings. The van der Waals surface area contributed by atoms with E-state index in [1.165, 1.54) is 5.56 Å². The summed E-state index contributed by atoms with van der Waals surface area (Å²) >= 11 is 0. The SMILES string of the molecule is CCCC(=O)Nc1ccc(CN=C(NCC)NC(C)c2ccccc2)cc1.I. The van der Waals surface area contributed by atoms with Gasteiger partial charge in [-0.1, -0.05) is 49.4 Å². The van der Waals surface area contributed by atoms with Gasteiger partial charge in [0, 0.05) is 18.7 Å². The van der Waals surface area contributed by atoms with Crippen LogP contribution in [-0.2, 0) is 11.3 Å². The third-order valence-electron chi connectivity index (χ3n) is 4.13. The van der Waals surface area contributed by atoms with Crippen LogP contribution in [-0.4, -0.2) is 18.4 Å². The van der Waals surface area contributed by atoms with Gasteiger partial charge in [-0.3, -0.25) is 4.79 Å². The van der Waals surface area contributed by atoms with E-state index < -0.39 is 0 Å². The summed E-state index contributed by atoms with van der Waals surface area (Å²) in [6.45, 7) is 7.54. The van der Waals surface area contributed by atoms with Gasteiger partial charge in [0.25, 0.3) is 0 Å². The normalized spacial score (nSPS) is 11.9. The second-order valence-electron chi connectivity index (χ2n) is 6.47. The first-order chi connectivity index (χ1) is 13.1. The number of rotatable bonds is 8. The van der Waals surface area contributed by atoms with Gasteiger partial charge in [0.2, 0.25) is 5.91 Å². The summed E-state index contributed by atoms with van der Waals surface area (Å²) in [7, 11) is 0. The number of hydrogen-bond acceptors (Lipinski definition) is 2. The second kappa shape index (κ2) is 13.1. The average Bonchev–Trinajstić information content (AvgIpc) is 2.68. The molecule has 0 aliphatic heterocycles. The van der Waals surface area contributed by atoms with E-state index >= 15 is 0 Å². The number of aliphatic imine (C=N–C) groups is 1. The Morgan fingerprint density at radius 1 is 1.04 bits per heavy atom. The number of hydrogen-bond donors (Lipinski definition) is 3. The van der Waals surface area contributed by atoms with Crippen molar-refractivity contribution in [3.05, 3.63) is 65.7 Å². The molecule has 0 aliphatic carbocycles. The Kier molecular flexibility index (Phi) is 11.2. The predicted molar refractivity (Wildman–Crippen MR) is 128 cm³/mol. The molecule has 0 spiro atoms. The average molecular weight is 494 g/mol. The van der Waals surface area contributed by atoms with Gasteiger partial charge in [-0.15, -0.1) is 24.0 Å². The Hall–Kier alpha value is -2.09. The minimum atomic E-state index is 0. The number of anilines is 1. The minimum Gasteiger partial charge on any atom is -0.357 e. The van der Waals surface area contributed by atoms with Gasteiger partial charge in [0.15, 0.2) is 5.96 Å². The molecule has 0 fully saturated rings. The van der Waals surface area contributed by atoms with Crippen molar-refractivity contribution in [3.63, 3.8) is 0 Å². The number of carbonyl (C=O) groups is 1. The van der Waals surface area contributed by atoms with E-state index in [9.17, 15) is 4.79 Å². The van der Waals surface area contributed by atoms with Crippen molar-refractivity contribution in [1.82, 2.24) is 10.6 Å². The molecule has 2 aromatic rings. The van der Waals surface area contributed by atoms with Gasteiger partial charge in [0.05, 0.1) is 12.6 Å². The van der Waals surface area contributed by atoms with Crippen LogP contribution in [0.2, 0.25) is 0 Å². The lowest BCUT2D eigenvalue weighted by atomic mass is 10.1. The lowest BCUT2D eigenvalue weighted by molar-refractivity contribution is -0.116. The number of halogens is 1. The third kappa shape index (κ3) is 8.29. The molecule has 0 aromatic heterocycles. The second-order valence-corrected chi connectivity index (χ2v) is 6.47. The van der Waals surface area contributed by atoms with Crippen molar-refractivity contribution < 1.29 is 4.79 Å². The number of benzene rings is 2. The fourth-order valence-corrected chi connectivity index (χ4v) is 2.66. The smallest absolute Gasteiger partial charge is 0.224 e. The molecule has 2 aromatic carbocycles. The summed E-state index contributed by atoms with van der Waals surface area (Å²) in [4.78, 5) is 16.3. The van der Waals surface area contributed by atoms with Gasteiger partial charge in [0.1, 0.15) is 0 Å². The van der Waals surface area contributed by atoms with Crippen LogP contribution in [0, 0.1) is 0 Å². The highest BCUT2D eigenvalue weighted by Gasteiger charge is 2.07. The first-order valence-electron chi connectivity index (χ1n) is 9.61. The van der Waals surface area contributed by atoms with Crippen LogP contribution < -0.4 is 16.0 Å². The Balaban J connectivity index is 0.00000392. The summed E-state index contributed by atoms with van der Waals surface area (Å²) in [5, 5.41) is 9.62. The van der Waals surface area contributed by atoms with Crippen molar-refractivity contribution in [2.75, 3.05) is 11.9 Å². The quantitative estimate of drug-likeness (QED) is 0.279. The zero-order chi connectivity index (χ0) is 19.5. The van der Waals surface area contributed by atoms with E-state index in [1.54, 1.807) is 0 Å². The van der Waals surface area contributed by atoms with Crippen LogP contribution in [0.4, 0.5) is 5.69 Å². The lowest BCUT2D eigenvalue weighted by Gasteiger charge is -2.18.